The summed E-state index contributed by atoms with van der Waals surface area (Å²) in [5.41, 5.74) is 8.85. The molecule has 38 heavy (non-hydrogen) atoms. The molecule has 6 rings (SSSR count). The predicted octanol–water partition coefficient (Wildman–Crippen LogP) is 7.52. The largest absolute Gasteiger partial charge is 0.456 e. The lowest BCUT2D eigenvalue weighted by Crippen LogP contribution is -2.15. The Labute approximate surface area is 222 Å². The van der Waals surface area contributed by atoms with Crippen molar-refractivity contribution in [2.45, 2.75) is 19.4 Å². The molecule has 0 fully saturated rings. The lowest BCUT2D eigenvalue weighted by atomic mass is 9.94. The van der Waals surface area contributed by atoms with E-state index < -0.39 is 0 Å². The van der Waals surface area contributed by atoms with Gasteiger partial charge in [-0.3, -0.25) is 10.1 Å². The van der Waals surface area contributed by atoms with E-state index in [1.165, 1.54) is 11.1 Å². The SMILES string of the molecule is C=C1C=C(NCc2[nH]nc3ccc(-c4cncc(Oc5ccccc5)c4)cc23)C=C(Cc2ccccc2)C1. The highest BCUT2D eigenvalue weighted by Gasteiger charge is 2.12. The van der Waals surface area contributed by atoms with Gasteiger partial charge in [-0.05, 0) is 72.0 Å². The number of hydrogen-bond acceptors (Lipinski definition) is 4. The van der Waals surface area contributed by atoms with Gasteiger partial charge >= 0.3 is 0 Å². The highest BCUT2D eigenvalue weighted by atomic mass is 16.5. The van der Waals surface area contributed by atoms with Crippen LogP contribution < -0.4 is 10.1 Å². The van der Waals surface area contributed by atoms with Crippen LogP contribution in [0.1, 0.15) is 17.7 Å². The molecule has 0 radical (unpaired) electrons. The molecule has 2 aromatic heterocycles. The Morgan fingerprint density at radius 1 is 0.842 bits per heavy atom. The first-order valence-corrected chi connectivity index (χ1v) is 12.7. The number of fused-ring (bicyclic) bond motifs is 1. The zero-order valence-corrected chi connectivity index (χ0v) is 21.0. The normalized spacial score (nSPS) is 13.2. The molecule has 1 aliphatic carbocycles. The molecule has 0 spiro atoms. The highest BCUT2D eigenvalue weighted by Crippen LogP contribution is 2.29. The van der Waals surface area contributed by atoms with Crippen LogP contribution in [0.4, 0.5) is 0 Å². The van der Waals surface area contributed by atoms with Crippen LogP contribution in [0.5, 0.6) is 11.5 Å². The molecule has 0 saturated heterocycles. The predicted molar refractivity (Wildman–Crippen MR) is 153 cm³/mol. The number of H-pyrrole nitrogens is 1. The van der Waals surface area contributed by atoms with Crippen molar-refractivity contribution in [2.75, 3.05) is 0 Å². The quantitative estimate of drug-likeness (QED) is 0.233. The van der Waals surface area contributed by atoms with Crippen molar-refractivity contribution in [3.8, 4) is 22.6 Å². The molecule has 3 aromatic carbocycles. The second-order valence-electron chi connectivity index (χ2n) is 9.51. The average molecular weight is 497 g/mol. The van der Waals surface area contributed by atoms with E-state index in [9.17, 15) is 0 Å². The molecule has 0 amide bonds. The fraction of sp³-hybridized carbons (Fsp3) is 0.0909. The van der Waals surface area contributed by atoms with E-state index in [4.69, 9.17) is 4.74 Å². The summed E-state index contributed by atoms with van der Waals surface area (Å²) in [4.78, 5) is 4.41. The summed E-state index contributed by atoms with van der Waals surface area (Å²) in [6.07, 6.45) is 9.79. The van der Waals surface area contributed by atoms with Gasteiger partial charge in [0.05, 0.1) is 24.0 Å². The Kier molecular flexibility index (Phi) is 6.56. The summed E-state index contributed by atoms with van der Waals surface area (Å²) < 4.78 is 5.99. The Morgan fingerprint density at radius 2 is 1.66 bits per heavy atom. The van der Waals surface area contributed by atoms with Crippen LogP contribution in [0, 0.1) is 0 Å². The Balaban J connectivity index is 1.20. The lowest BCUT2D eigenvalue weighted by molar-refractivity contribution is 0.480. The van der Waals surface area contributed by atoms with Gasteiger partial charge in [-0.1, -0.05) is 66.7 Å². The number of para-hydroxylation sites is 1. The summed E-state index contributed by atoms with van der Waals surface area (Å²) in [6, 6.07) is 28.6. The van der Waals surface area contributed by atoms with Crippen LogP contribution in [0.15, 0.2) is 133 Å². The first-order valence-electron chi connectivity index (χ1n) is 12.7. The summed E-state index contributed by atoms with van der Waals surface area (Å²) in [5.74, 6) is 1.48. The van der Waals surface area contributed by atoms with E-state index in [1.807, 2.05) is 48.7 Å². The number of allylic oxidation sites excluding steroid dienone is 4. The van der Waals surface area contributed by atoms with Crippen molar-refractivity contribution in [1.29, 1.82) is 0 Å². The summed E-state index contributed by atoms with van der Waals surface area (Å²) in [6.45, 7) is 4.86. The van der Waals surface area contributed by atoms with Crippen LogP contribution >= 0.6 is 0 Å². The van der Waals surface area contributed by atoms with E-state index >= 15 is 0 Å². The third-order valence-electron chi connectivity index (χ3n) is 6.58. The van der Waals surface area contributed by atoms with Gasteiger partial charge in [0.2, 0.25) is 0 Å². The third-order valence-corrected chi connectivity index (χ3v) is 6.58. The number of aromatic nitrogens is 3. The Hall–Kier alpha value is -4.90. The molecular weight excluding hydrogens is 468 g/mol. The van der Waals surface area contributed by atoms with Gasteiger partial charge in [-0.15, -0.1) is 0 Å². The zero-order valence-electron chi connectivity index (χ0n) is 21.0. The van der Waals surface area contributed by atoms with Gasteiger partial charge < -0.3 is 10.1 Å². The molecular formula is C33H28N4O. The monoisotopic (exact) mass is 496 g/mol. The fourth-order valence-electron chi connectivity index (χ4n) is 4.77. The van der Waals surface area contributed by atoms with Gasteiger partial charge in [-0.25, -0.2) is 0 Å². The second kappa shape index (κ2) is 10.6. The molecule has 1 aliphatic rings. The second-order valence-corrected chi connectivity index (χ2v) is 9.51. The molecule has 0 unspecified atom stereocenters. The van der Waals surface area contributed by atoms with Crippen molar-refractivity contribution in [1.82, 2.24) is 20.5 Å². The smallest absolute Gasteiger partial charge is 0.146 e. The van der Waals surface area contributed by atoms with Crippen molar-refractivity contribution in [3.63, 3.8) is 0 Å². The number of nitrogens with zero attached hydrogens (tertiary/aromatic N) is 2. The van der Waals surface area contributed by atoms with E-state index in [2.05, 4.69) is 81.7 Å². The Bertz CT molecular complexity index is 1650. The van der Waals surface area contributed by atoms with Gasteiger partial charge in [0.15, 0.2) is 0 Å². The molecule has 5 aromatic rings. The molecule has 0 bridgehead atoms. The van der Waals surface area contributed by atoms with Crippen LogP contribution in [0.3, 0.4) is 0 Å². The van der Waals surface area contributed by atoms with Crippen molar-refractivity contribution < 1.29 is 4.74 Å². The molecule has 5 nitrogen and oxygen atoms in total. The molecule has 186 valence electrons. The maximum Gasteiger partial charge on any atom is 0.146 e. The lowest BCUT2D eigenvalue weighted by Gasteiger charge is -2.17. The van der Waals surface area contributed by atoms with Gasteiger partial charge in [0, 0.05) is 22.8 Å². The standard InChI is InChI=1S/C33H28N4O/c1-23-14-25(16-24-8-4-2-5-9-24)17-28(15-23)35-22-33-31-19-26(12-13-32(31)36-37-33)27-18-30(21-34-20-27)38-29-10-6-3-7-11-29/h2-13,15,17-21,35H,1,14,16,22H2,(H,36,37). The van der Waals surface area contributed by atoms with Crippen LogP contribution in [-0.2, 0) is 13.0 Å². The number of rotatable bonds is 8. The first kappa shape index (κ1) is 23.5. The van der Waals surface area contributed by atoms with Crippen LogP contribution in [-0.4, -0.2) is 15.2 Å². The third kappa shape index (κ3) is 5.42. The fourth-order valence-corrected chi connectivity index (χ4v) is 4.77. The number of nitrogens with one attached hydrogen (secondary N) is 2. The van der Waals surface area contributed by atoms with Crippen molar-refractivity contribution >= 4 is 10.9 Å². The Morgan fingerprint density at radius 3 is 2.50 bits per heavy atom. The molecule has 0 atom stereocenters. The zero-order chi connectivity index (χ0) is 25.7. The van der Waals surface area contributed by atoms with E-state index in [0.717, 1.165) is 57.6 Å². The van der Waals surface area contributed by atoms with Gasteiger partial charge in [0.25, 0.3) is 0 Å². The molecule has 5 heteroatoms. The van der Waals surface area contributed by atoms with E-state index in [1.54, 1.807) is 6.20 Å². The number of aromatic amines is 1. The number of hydrogen-bond donors (Lipinski definition) is 2. The van der Waals surface area contributed by atoms with Crippen molar-refractivity contribution in [2.24, 2.45) is 0 Å². The molecule has 0 aliphatic heterocycles. The van der Waals surface area contributed by atoms with Gasteiger partial charge in [0.1, 0.15) is 11.5 Å². The molecule has 2 N–H and O–H groups in total. The topological polar surface area (TPSA) is 62.8 Å². The average Bonchev–Trinajstić information content (AvgIpc) is 3.35. The summed E-state index contributed by atoms with van der Waals surface area (Å²) in [7, 11) is 0. The number of benzene rings is 3. The summed E-state index contributed by atoms with van der Waals surface area (Å²) >= 11 is 0. The maximum atomic E-state index is 5.99. The van der Waals surface area contributed by atoms with Gasteiger partial charge in [-0.2, -0.15) is 5.10 Å². The first-order chi connectivity index (χ1) is 18.7. The number of pyridine rings is 1. The number of ether oxygens (including phenoxy) is 1. The minimum absolute atomic E-state index is 0.629. The maximum absolute atomic E-state index is 5.99. The molecule has 0 saturated carbocycles. The van der Waals surface area contributed by atoms with Crippen LogP contribution in [0.2, 0.25) is 0 Å². The molecule has 2 heterocycles. The summed E-state index contributed by atoms with van der Waals surface area (Å²) in [5, 5.41) is 12.4. The minimum Gasteiger partial charge on any atom is -0.456 e. The van der Waals surface area contributed by atoms with Crippen molar-refractivity contribution in [3.05, 3.63) is 144 Å². The minimum atomic E-state index is 0.629. The van der Waals surface area contributed by atoms with E-state index in [-0.39, 0.29) is 0 Å². The highest BCUT2D eigenvalue weighted by molar-refractivity contribution is 5.86. The van der Waals surface area contributed by atoms with E-state index in [0.29, 0.717) is 12.3 Å². The van der Waals surface area contributed by atoms with Crippen LogP contribution in [0.25, 0.3) is 22.0 Å².